The van der Waals surface area contributed by atoms with Crippen molar-refractivity contribution in [1.29, 1.82) is 0 Å². The molecule has 11 nitrogen and oxygen atoms in total. The van der Waals surface area contributed by atoms with Gasteiger partial charge >= 0.3 is 0 Å². The Labute approximate surface area is 193 Å². The second-order valence-electron chi connectivity index (χ2n) is 8.11. The molecule has 5 rings (SSSR count). The van der Waals surface area contributed by atoms with Gasteiger partial charge < -0.3 is 39.6 Å². The molecule has 0 aliphatic carbocycles. The van der Waals surface area contributed by atoms with Crippen LogP contribution in [0.25, 0.3) is 16.7 Å². The van der Waals surface area contributed by atoms with Crippen molar-refractivity contribution >= 4 is 11.0 Å². The van der Waals surface area contributed by atoms with Gasteiger partial charge in [0, 0.05) is 18.9 Å². The van der Waals surface area contributed by atoms with Gasteiger partial charge in [-0.1, -0.05) is 18.2 Å². The molecule has 1 saturated heterocycles. The normalized spacial score (nSPS) is 27.2. The van der Waals surface area contributed by atoms with Crippen LogP contribution in [0, 0.1) is 0 Å². The lowest BCUT2D eigenvalue weighted by Crippen LogP contribution is -2.69. The Morgan fingerprint density at radius 3 is 2.56 bits per heavy atom. The van der Waals surface area contributed by atoms with Crippen LogP contribution in [-0.2, 0) is 11.3 Å². The smallest absolute Gasteiger partial charge is 0.288 e. The minimum atomic E-state index is -2.68. The third-order valence-corrected chi connectivity index (χ3v) is 5.90. The molecule has 178 valence electrons. The fourth-order valence-corrected chi connectivity index (χ4v) is 4.04. The Hall–Kier alpha value is -3.32. The molecule has 0 amide bonds. The third-order valence-electron chi connectivity index (χ3n) is 5.90. The molecule has 4 aromatic rings. The molecule has 0 unspecified atom stereocenters. The zero-order valence-corrected chi connectivity index (χ0v) is 17.9. The lowest BCUT2D eigenvalue weighted by molar-refractivity contribution is -0.385. The van der Waals surface area contributed by atoms with Gasteiger partial charge in [-0.15, -0.1) is 0 Å². The molecule has 0 spiro atoms. The van der Waals surface area contributed by atoms with Crippen LogP contribution >= 0.6 is 0 Å². The van der Waals surface area contributed by atoms with Crippen molar-refractivity contribution in [2.75, 3.05) is 6.61 Å². The summed E-state index contributed by atoms with van der Waals surface area (Å²) in [6.45, 7) is -0.238. The first-order valence-electron chi connectivity index (χ1n) is 10.7. The van der Waals surface area contributed by atoms with E-state index >= 15 is 0 Å². The molecule has 2 aromatic heterocycles. The molecule has 5 N–H and O–H groups in total. The summed E-state index contributed by atoms with van der Waals surface area (Å²) in [5.74, 6) is -2.57. The van der Waals surface area contributed by atoms with E-state index in [-0.39, 0.29) is 5.75 Å². The predicted molar refractivity (Wildman–Crippen MR) is 118 cm³/mol. The van der Waals surface area contributed by atoms with E-state index in [9.17, 15) is 25.5 Å². The van der Waals surface area contributed by atoms with Crippen molar-refractivity contribution in [3.8, 4) is 11.4 Å². The highest BCUT2D eigenvalue weighted by molar-refractivity contribution is 5.82. The van der Waals surface area contributed by atoms with E-state index in [1.165, 1.54) is 0 Å². The van der Waals surface area contributed by atoms with Crippen molar-refractivity contribution in [1.82, 2.24) is 19.3 Å². The van der Waals surface area contributed by atoms with E-state index in [2.05, 4.69) is 10.1 Å². The predicted octanol–water partition coefficient (Wildman–Crippen LogP) is -0.231. The van der Waals surface area contributed by atoms with Gasteiger partial charge in [0.2, 0.25) is 6.29 Å². The zero-order chi connectivity index (χ0) is 23.9. The number of benzene rings is 2. The standard InChI is InChI=1S/C23H24N4O7/c28-12-18-20(29)21(30)23(32,22(31)33-18)34-17-4-1-3-16-19(17)26(13-24-16)11-14-5-7-15(8-6-14)27-10-2-9-25-27/h1-10,13,18,20-22,28-32H,11-12H2/t18-,20-,21+,22+,23+/m1/s1. The van der Waals surface area contributed by atoms with E-state index in [4.69, 9.17) is 9.47 Å². The molecule has 3 heterocycles. The summed E-state index contributed by atoms with van der Waals surface area (Å²) in [4.78, 5) is 4.38. The van der Waals surface area contributed by atoms with Gasteiger partial charge in [0.1, 0.15) is 23.5 Å². The van der Waals surface area contributed by atoms with Gasteiger partial charge in [-0.05, 0) is 35.9 Å². The van der Waals surface area contributed by atoms with Crippen molar-refractivity contribution < 1.29 is 35.0 Å². The van der Waals surface area contributed by atoms with Crippen molar-refractivity contribution in [2.24, 2.45) is 0 Å². The fraction of sp³-hybridized carbons (Fsp3) is 0.304. The number of rotatable bonds is 6. The number of aromatic nitrogens is 4. The summed E-state index contributed by atoms with van der Waals surface area (Å²) in [6.07, 6.45) is -1.77. The molecule has 2 aromatic carbocycles. The van der Waals surface area contributed by atoms with Crippen LogP contribution in [0.2, 0.25) is 0 Å². The van der Waals surface area contributed by atoms with E-state index in [1.54, 1.807) is 40.0 Å². The summed E-state index contributed by atoms with van der Waals surface area (Å²) >= 11 is 0. The number of hydrogen-bond donors (Lipinski definition) is 5. The third kappa shape index (κ3) is 3.84. The number of aliphatic hydroxyl groups excluding tert-OH is 4. The number of fused-ring (bicyclic) bond motifs is 1. The van der Waals surface area contributed by atoms with Crippen LogP contribution in [0.15, 0.2) is 67.3 Å². The Kier molecular flexibility index (Phi) is 5.81. The van der Waals surface area contributed by atoms with Crippen molar-refractivity contribution in [3.05, 3.63) is 72.8 Å². The Bertz CT molecular complexity index is 1260. The summed E-state index contributed by atoms with van der Waals surface area (Å²) in [7, 11) is 0. The second kappa shape index (κ2) is 8.80. The molecule has 0 saturated carbocycles. The monoisotopic (exact) mass is 468 g/mol. The zero-order valence-electron chi connectivity index (χ0n) is 17.9. The number of hydrogen-bond acceptors (Lipinski definition) is 9. The fourth-order valence-electron chi connectivity index (χ4n) is 4.04. The molecule has 34 heavy (non-hydrogen) atoms. The highest BCUT2D eigenvalue weighted by Crippen LogP contribution is 2.35. The summed E-state index contributed by atoms with van der Waals surface area (Å²) < 4.78 is 14.3. The molecule has 0 radical (unpaired) electrons. The second-order valence-corrected chi connectivity index (χ2v) is 8.11. The summed E-state index contributed by atoms with van der Waals surface area (Å²) in [5.41, 5.74) is 2.94. The Morgan fingerprint density at radius 2 is 1.85 bits per heavy atom. The van der Waals surface area contributed by atoms with Crippen molar-refractivity contribution in [3.63, 3.8) is 0 Å². The van der Waals surface area contributed by atoms with Crippen LogP contribution in [-0.4, -0.2) is 81.9 Å². The van der Waals surface area contributed by atoms with Crippen LogP contribution in [0.3, 0.4) is 0 Å². The molecular weight excluding hydrogens is 444 g/mol. The highest BCUT2D eigenvalue weighted by atomic mass is 16.7. The molecular formula is C23H24N4O7. The molecule has 1 aliphatic rings. The SMILES string of the molecule is OC[C@H]1O[C@H](O)[C@@](O)(Oc2cccc3ncn(Cc4ccc(-n5cccn5)cc4)c23)[C@@H](O)[C@@H]1O. The lowest BCUT2D eigenvalue weighted by atomic mass is 9.96. The quantitative estimate of drug-likeness (QED) is 0.241. The first kappa shape index (κ1) is 22.5. The van der Waals surface area contributed by atoms with Crippen LogP contribution in [0.1, 0.15) is 5.56 Å². The largest absolute Gasteiger partial charge is 0.452 e. The van der Waals surface area contributed by atoms with Gasteiger partial charge in [0.15, 0.2) is 6.10 Å². The van der Waals surface area contributed by atoms with Crippen LogP contribution in [0.4, 0.5) is 0 Å². The first-order valence-corrected chi connectivity index (χ1v) is 10.7. The number of imidazole rings is 1. The van der Waals surface area contributed by atoms with E-state index in [0.29, 0.717) is 17.6 Å². The Morgan fingerprint density at radius 1 is 1.06 bits per heavy atom. The van der Waals surface area contributed by atoms with Crippen LogP contribution < -0.4 is 4.74 Å². The van der Waals surface area contributed by atoms with E-state index in [0.717, 1.165) is 11.3 Å². The topological polar surface area (TPSA) is 155 Å². The van der Waals surface area contributed by atoms with Gasteiger partial charge in [-0.25, -0.2) is 9.67 Å². The average Bonchev–Trinajstić information content (AvgIpc) is 3.52. The van der Waals surface area contributed by atoms with E-state index < -0.39 is 37.0 Å². The van der Waals surface area contributed by atoms with Crippen LogP contribution in [0.5, 0.6) is 5.75 Å². The van der Waals surface area contributed by atoms with E-state index in [1.807, 2.05) is 36.5 Å². The molecule has 0 bridgehead atoms. The average molecular weight is 468 g/mol. The molecule has 11 heteroatoms. The number of ether oxygens (including phenoxy) is 2. The molecule has 5 atom stereocenters. The summed E-state index contributed by atoms with van der Waals surface area (Å²) in [6, 6.07) is 14.6. The minimum absolute atomic E-state index is 0.113. The van der Waals surface area contributed by atoms with Gasteiger partial charge in [0.25, 0.3) is 5.79 Å². The summed E-state index contributed by atoms with van der Waals surface area (Å²) in [5, 5.41) is 55.3. The minimum Gasteiger partial charge on any atom is -0.452 e. The number of para-hydroxylation sites is 1. The van der Waals surface area contributed by atoms with Gasteiger partial charge in [-0.2, -0.15) is 5.10 Å². The highest BCUT2D eigenvalue weighted by Gasteiger charge is 2.57. The molecule has 1 fully saturated rings. The first-order chi connectivity index (χ1) is 16.4. The maximum absolute atomic E-state index is 10.9. The van der Waals surface area contributed by atoms with Gasteiger partial charge in [0.05, 0.1) is 24.1 Å². The molecule has 1 aliphatic heterocycles. The van der Waals surface area contributed by atoms with Gasteiger partial charge in [-0.3, -0.25) is 0 Å². The maximum atomic E-state index is 10.9. The Balaban J connectivity index is 1.44. The lowest BCUT2D eigenvalue weighted by Gasteiger charge is -2.45. The number of nitrogens with zero attached hydrogens (tertiary/aromatic N) is 4. The van der Waals surface area contributed by atoms with Crippen molar-refractivity contribution in [2.45, 2.75) is 36.9 Å². The maximum Gasteiger partial charge on any atom is 0.288 e. The number of aliphatic hydroxyl groups is 5.